The Bertz CT molecular complexity index is 3450. The summed E-state index contributed by atoms with van der Waals surface area (Å²) in [7, 11) is 0. The second-order valence-corrected chi connectivity index (χ2v) is 25.3. The number of carbonyl (C=O) groups excluding carboxylic acids is 1. The van der Waals surface area contributed by atoms with E-state index in [1.807, 2.05) is 52.5 Å². The van der Waals surface area contributed by atoms with Gasteiger partial charge in [0.2, 0.25) is 0 Å². The van der Waals surface area contributed by atoms with Crippen LogP contribution in [-0.4, -0.2) is 110 Å². The highest BCUT2D eigenvalue weighted by Gasteiger charge is 2.48. The van der Waals surface area contributed by atoms with Crippen molar-refractivity contribution >= 4 is 66.3 Å². The molecule has 0 aromatic carbocycles. The summed E-state index contributed by atoms with van der Waals surface area (Å²) in [4.78, 5) is 50.3. The Morgan fingerprint density at radius 1 is 0.662 bits per heavy atom. The summed E-state index contributed by atoms with van der Waals surface area (Å²) in [5.41, 5.74) is 16.6. The molecule has 4 bridgehead atoms. The Kier molecular flexibility index (Phi) is 14.2. The van der Waals surface area contributed by atoms with Crippen LogP contribution in [0, 0.1) is 53.4 Å². The molecule has 74 heavy (non-hydrogen) atoms. The Labute approximate surface area is 444 Å². The van der Waals surface area contributed by atoms with Crippen molar-refractivity contribution in [2.75, 3.05) is 26.2 Å². The molecule has 12 rings (SSSR count). The first-order chi connectivity index (χ1) is 34.2. The van der Waals surface area contributed by atoms with E-state index in [0.29, 0.717) is 54.1 Å². The number of hydrogen-bond donors (Lipinski definition) is 3. The number of piperidine rings is 2. The average Bonchev–Trinajstić information content (AvgIpc) is 4.15. The summed E-state index contributed by atoms with van der Waals surface area (Å²) in [6.45, 7) is 30.7. The van der Waals surface area contributed by atoms with Crippen LogP contribution in [0.15, 0.2) is 25.0 Å². The van der Waals surface area contributed by atoms with Crippen molar-refractivity contribution in [2.45, 2.75) is 172 Å². The molecule has 2 saturated heterocycles. The zero-order valence-electron chi connectivity index (χ0n) is 44.2. The Balaban J connectivity index is 0.000000178. The first-order valence-corrected chi connectivity index (χ1v) is 27.6. The number of carboxylic acid groups (broad SMARTS) is 1. The maximum Gasteiger partial charge on any atom is 0.320 e. The number of aromatic amines is 2. The van der Waals surface area contributed by atoms with Gasteiger partial charge in [-0.05, 0) is 168 Å². The molecule has 8 aromatic heterocycles. The van der Waals surface area contributed by atoms with Gasteiger partial charge in [0.05, 0.1) is 24.5 Å². The molecule has 0 amide bonds. The minimum atomic E-state index is -0.714. The quantitative estimate of drug-likeness (QED) is 0.112. The number of aromatic nitrogens is 8. The first kappa shape index (κ1) is 53.4. The van der Waals surface area contributed by atoms with E-state index < -0.39 is 11.6 Å². The largest absolute Gasteiger partial charge is 0.480 e. The third-order valence-corrected chi connectivity index (χ3v) is 19.6. The number of hydrogen-bond acceptors (Lipinski definition) is 11. The lowest BCUT2D eigenvalue weighted by Gasteiger charge is -2.31. The summed E-state index contributed by atoms with van der Waals surface area (Å²) < 4.78 is 9.37. The van der Waals surface area contributed by atoms with Gasteiger partial charge in [0.25, 0.3) is 0 Å². The summed E-state index contributed by atoms with van der Waals surface area (Å²) in [5, 5.41) is 20.8. The summed E-state index contributed by atoms with van der Waals surface area (Å²) in [6.07, 6.45) is 12.0. The number of nitrogens with one attached hydrogen (secondary N) is 2. The van der Waals surface area contributed by atoms with Gasteiger partial charge in [-0.15, -0.1) is 22.7 Å². The zero-order valence-corrected chi connectivity index (χ0v) is 45.8. The van der Waals surface area contributed by atoms with Gasteiger partial charge in [-0.25, -0.2) is 19.0 Å². The molecule has 2 aliphatic carbocycles. The fraction of sp³-hybridized carbons (Fsp3) is 0.552. The number of fused-ring (bicyclic) bond motifs is 8. The molecule has 0 unspecified atom stereocenters. The number of carboxylic acids is 1. The van der Waals surface area contributed by atoms with E-state index in [1.54, 1.807) is 12.7 Å². The van der Waals surface area contributed by atoms with E-state index in [2.05, 4.69) is 122 Å². The van der Waals surface area contributed by atoms with Gasteiger partial charge in [-0.2, -0.15) is 10.2 Å². The van der Waals surface area contributed by atoms with Gasteiger partial charge in [0.15, 0.2) is 11.3 Å². The molecule has 396 valence electrons. The minimum Gasteiger partial charge on any atom is -0.480 e. The second-order valence-electron chi connectivity index (χ2n) is 23.2. The molecule has 2 saturated carbocycles. The van der Waals surface area contributed by atoms with Crippen LogP contribution in [0.2, 0.25) is 0 Å². The maximum atomic E-state index is 12.5. The van der Waals surface area contributed by atoms with Crippen molar-refractivity contribution in [3.63, 3.8) is 0 Å². The fourth-order valence-corrected chi connectivity index (χ4v) is 16.4. The molecular weight excluding hydrogens is 965 g/mol. The van der Waals surface area contributed by atoms with Crippen LogP contribution in [-0.2, 0) is 14.3 Å². The van der Waals surface area contributed by atoms with Crippen LogP contribution >= 0.6 is 22.7 Å². The molecule has 3 N–H and O–H groups in total. The van der Waals surface area contributed by atoms with Crippen LogP contribution in [0.3, 0.4) is 0 Å². The Morgan fingerprint density at radius 3 is 1.45 bits per heavy atom. The normalized spacial score (nSPS) is 21.7. The molecule has 16 heteroatoms. The minimum absolute atomic E-state index is 0. The van der Waals surface area contributed by atoms with Crippen molar-refractivity contribution in [2.24, 2.45) is 11.8 Å². The number of carbonyl (C=O) groups is 2. The first-order valence-electron chi connectivity index (χ1n) is 26.0. The maximum absolute atomic E-state index is 12.5. The van der Waals surface area contributed by atoms with Gasteiger partial charge in [-0.1, -0.05) is 42.5 Å². The third-order valence-electron chi connectivity index (χ3n) is 16.9. The molecule has 4 fully saturated rings. The van der Waals surface area contributed by atoms with Crippen LogP contribution in [0.4, 0.5) is 0 Å². The molecule has 10 heterocycles. The average molecular weight is 1040 g/mol. The smallest absolute Gasteiger partial charge is 0.320 e. The number of aliphatic carboxylic acids is 1. The number of nitrogens with zero attached hydrogens (tertiary/aromatic N) is 8. The van der Waals surface area contributed by atoms with Crippen LogP contribution < -0.4 is 0 Å². The van der Waals surface area contributed by atoms with Crippen LogP contribution in [0.5, 0.6) is 0 Å². The molecule has 4 aliphatic rings. The molecule has 14 nitrogen and oxygen atoms in total. The van der Waals surface area contributed by atoms with E-state index in [4.69, 9.17) is 4.74 Å². The Hall–Kier alpha value is -5.42. The standard InChI is InChI=1S/C30H39N5O2S.C26H31N5O2S.2CH4/c1-15(2)24-25-18(5)27(21-10-20-9-19(21)11-34(20)13-23(36)37-30(6,7)8)38-29(25)33-26(24)22-12-35-28(31-14-32-35)17(4)16(22)3;1-12(2)21-22-15(5)24(18-7-17-6-16(18)8-30(17)10-20(32)33)34-26(22)29-23(21)19-9-31-25(27-11-28-31)14(4)13(19)3;;/h12,14-15,19-21,33H,9-11,13H2,1-8H3;9,11-12,16-18,29H,6-8,10H2,1-5H3,(H,32,33);2*1H4/t19-,20-,21+;16-,17-,18+;;/m00../s1. The van der Waals surface area contributed by atoms with Crippen molar-refractivity contribution < 1.29 is 19.4 Å². The van der Waals surface area contributed by atoms with Gasteiger partial charge < -0.3 is 19.8 Å². The predicted molar refractivity (Wildman–Crippen MR) is 302 cm³/mol. The van der Waals surface area contributed by atoms with Crippen molar-refractivity contribution in [1.82, 2.24) is 49.0 Å². The van der Waals surface area contributed by atoms with E-state index in [0.717, 1.165) is 49.2 Å². The monoisotopic (exact) mass is 1040 g/mol. The highest BCUT2D eigenvalue weighted by molar-refractivity contribution is 7.19. The number of H-pyrrole nitrogens is 2. The number of pyridine rings is 2. The van der Waals surface area contributed by atoms with Crippen molar-refractivity contribution in [3.8, 4) is 22.5 Å². The molecule has 6 atom stereocenters. The number of likely N-dealkylation sites (tertiary alicyclic amines) is 2. The van der Waals surface area contributed by atoms with E-state index in [1.165, 1.54) is 98.1 Å². The summed E-state index contributed by atoms with van der Waals surface area (Å²) >= 11 is 3.86. The molecule has 2 aliphatic heterocycles. The predicted octanol–water partition coefficient (Wildman–Crippen LogP) is 13.0. The zero-order chi connectivity index (χ0) is 51.0. The van der Waals surface area contributed by atoms with E-state index in [-0.39, 0.29) is 27.4 Å². The second kappa shape index (κ2) is 19.6. The number of rotatable bonds is 10. The molecule has 0 radical (unpaired) electrons. The fourth-order valence-electron chi connectivity index (χ4n) is 13.5. The lowest BCUT2D eigenvalue weighted by Crippen LogP contribution is -2.40. The van der Waals surface area contributed by atoms with Crippen LogP contribution in [0.25, 0.3) is 54.2 Å². The van der Waals surface area contributed by atoms with Crippen molar-refractivity contribution in [1.29, 1.82) is 0 Å². The lowest BCUT2D eigenvalue weighted by atomic mass is 9.88. The van der Waals surface area contributed by atoms with Crippen molar-refractivity contribution in [3.05, 3.63) is 79.3 Å². The van der Waals surface area contributed by atoms with Gasteiger partial charge in [0.1, 0.15) is 27.9 Å². The van der Waals surface area contributed by atoms with Gasteiger partial charge >= 0.3 is 11.9 Å². The van der Waals surface area contributed by atoms with Crippen LogP contribution in [0.1, 0.15) is 167 Å². The van der Waals surface area contributed by atoms with E-state index >= 15 is 0 Å². The SMILES string of the molecule is C.C.Cc1c(-c2[nH]c3sc([C@@H]4C[C@@H]5C[C@H]4CN5CC(=O)O)c(C)c3c2C(C)C)cn2ncnc2c1C.Cc1c(-c2[nH]c3sc([C@@H]4C[C@@H]5C[C@H]4CN5CC(=O)OC(C)(C)C)c(C)c3c2C(C)C)cn2ncnc2c1C. The molecule has 0 spiro atoms. The molecular formula is C58H78N10O4S2. The third kappa shape index (κ3) is 8.88. The highest BCUT2D eigenvalue weighted by atomic mass is 32.1. The lowest BCUT2D eigenvalue weighted by molar-refractivity contribution is -0.156. The van der Waals surface area contributed by atoms with Gasteiger partial charge in [0, 0.05) is 69.2 Å². The number of thiophene rings is 2. The topological polar surface area (TPSA) is 162 Å². The Morgan fingerprint density at radius 2 is 1.08 bits per heavy atom. The van der Waals surface area contributed by atoms with Gasteiger partial charge in [-0.3, -0.25) is 19.4 Å². The van der Waals surface area contributed by atoms with E-state index in [9.17, 15) is 14.7 Å². The molecule has 8 aromatic rings. The summed E-state index contributed by atoms with van der Waals surface area (Å²) in [6, 6.07) is 0.878. The summed E-state index contributed by atoms with van der Waals surface area (Å²) in [5.74, 6) is 2.22. The number of ether oxygens (including phenoxy) is 1. The number of aryl methyl sites for hydroxylation is 4. The number of esters is 1. The highest BCUT2D eigenvalue weighted by Crippen LogP contribution is 2.55.